The number of ether oxygens (including phenoxy) is 1. The molecule has 0 amide bonds. The number of nitrogens with zero attached hydrogens (tertiary/aromatic N) is 7. The molecule has 0 spiro atoms. The molecule has 2 N–H and O–H groups in total. The van der Waals surface area contributed by atoms with Crippen molar-refractivity contribution in [3.63, 3.8) is 0 Å². The van der Waals surface area contributed by atoms with Crippen molar-refractivity contribution >= 4 is 21.8 Å². The molecule has 0 saturated carbocycles. The Hall–Kier alpha value is -3.76. The molecule has 0 saturated heterocycles. The lowest BCUT2D eigenvalue weighted by Crippen LogP contribution is -2.32. The number of rotatable bonds is 2. The fourth-order valence-electron chi connectivity index (χ4n) is 5.11. The van der Waals surface area contributed by atoms with Gasteiger partial charge in [-0.25, -0.2) is 4.68 Å². The minimum absolute atomic E-state index is 0.0273. The maximum Gasteiger partial charge on any atom is 0.221 e. The molecule has 0 unspecified atom stereocenters. The molecule has 0 aliphatic carbocycles. The molecular weight excluding hydrogens is 444 g/mol. The number of pyridine rings is 1. The van der Waals surface area contributed by atoms with Gasteiger partial charge >= 0.3 is 0 Å². The van der Waals surface area contributed by atoms with Crippen LogP contribution in [0.4, 0.5) is 0 Å². The molecular formula is C25H28N8O2. The van der Waals surface area contributed by atoms with Crippen molar-refractivity contribution in [2.45, 2.75) is 33.0 Å². The van der Waals surface area contributed by atoms with Crippen molar-refractivity contribution in [2.24, 2.45) is 7.05 Å². The number of aromatic nitrogens is 7. The predicted octanol–water partition coefficient (Wildman–Crippen LogP) is 2.89. The molecule has 1 aliphatic rings. The van der Waals surface area contributed by atoms with Gasteiger partial charge in [0.15, 0.2) is 0 Å². The van der Waals surface area contributed by atoms with Gasteiger partial charge in [-0.15, -0.1) is 0 Å². The van der Waals surface area contributed by atoms with E-state index in [0.29, 0.717) is 25.5 Å². The summed E-state index contributed by atoms with van der Waals surface area (Å²) in [6.45, 7) is 5.87. The van der Waals surface area contributed by atoms with Gasteiger partial charge in [-0.05, 0) is 39.1 Å². The summed E-state index contributed by atoms with van der Waals surface area (Å²) >= 11 is 0. The van der Waals surface area contributed by atoms with Crippen LogP contribution in [-0.2, 0) is 20.1 Å². The summed E-state index contributed by atoms with van der Waals surface area (Å²) in [6.07, 6.45) is 1.72. The molecule has 4 aromatic heterocycles. The van der Waals surface area contributed by atoms with Crippen molar-refractivity contribution in [3.05, 3.63) is 41.9 Å². The van der Waals surface area contributed by atoms with Gasteiger partial charge in [0, 0.05) is 36.5 Å². The molecule has 35 heavy (non-hydrogen) atoms. The highest BCUT2D eigenvalue weighted by Crippen LogP contribution is 2.36. The first-order valence-corrected chi connectivity index (χ1v) is 11.8. The van der Waals surface area contributed by atoms with E-state index in [4.69, 9.17) is 14.8 Å². The van der Waals surface area contributed by atoms with Gasteiger partial charge in [0.1, 0.15) is 11.8 Å². The number of aliphatic hydroxyl groups is 1. The third-order valence-corrected chi connectivity index (χ3v) is 6.61. The minimum Gasteiger partial charge on any atom is -0.473 e. The second-order valence-electron chi connectivity index (χ2n) is 9.33. The number of aromatic amines is 1. The Kier molecular flexibility index (Phi) is 5.08. The van der Waals surface area contributed by atoms with E-state index in [2.05, 4.69) is 46.3 Å². The number of H-pyrrole nitrogens is 1. The molecule has 10 nitrogen and oxygen atoms in total. The lowest BCUT2D eigenvalue weighted by molar-refractivity contribution is 0.147. The summed E-state index contributed by atoms with van der Waals surface area (Å²) in [5.74, 6) is 0.698. The zero-order valence-electron chi connectivity index (χ0n) is 20.3. The number of benzene rings is 1. The van der Waals surface area contributed by atoms with Crippen LogP contribution < -0.4 is 4.74 Å². The fraction of sp³-hybridized carbons (Fsp3) is 0.360. The van der Waals surface area contributed by atoms with Crippen LogP contribution in [0.2, 0.25) is 0 Å². The molecule has 10 heteroatoms. The smallest absolute Gasteiger partial charge is 0.221 e. The molecule has 5 aromatic rings. The largest absolute Gasteiger partial charge is 0.473 e. The maximum atomic E-state index is 9.65. The number of aliphatic hydroxyl groups excluding tert-OH is 1. The minimum atomic E-state index is -0.0945. The van der Waals surface area contributed by atoms with E-state index >= 15 is 0 Å². The Morgan fingerprint density at radius 3 is 2.86 bits per heavy atom. The maximum absolute atomic E-state index is 9.65. The lowest BCUT2D eigenvalue weighted by Gasteiger charge is -2.23. The quantitative estimate of drug-likeness (QED) is 0.407. The van der Waals surface area contributed by atoms with Crippen LogP contribution >= 0.6 is 0 Å². The monoisotopic (exact) mass is 472 g/mol. The van der Waals surface area contributed by atoms with E-state index in [1.54, 1.807) is 4.68 Å². The van der Waals surface area contributed by atoms with Crippen LogP contribution in [0.15, 0.2) is 30.5 Å². The van der Waals surface area contributed by atoms with E-state index in [1.807, 2.05) is 37.0 Å². The highest BCUT2D eigenvalue weighted by molar-refractivity contribution is 5.97. The van der Waals surface area contributed by atoms with Gasteiger partial charge in [-0.1, -0.05) is 6.07 Å². The summed E-state index contributed by atoms with van der Waals surface area (Å²) < 4.78 is 10.1. The van der Waals surface area contributed by atoms with Crippen molar-refractivity contribution in [3.8, 4) is 28.4 Å². The Morgan fingerprint density at radius 1 is 1.17 bits per heavy atom. The third-order valence-electron chi connectivity index (χ3n) is 6.61. The van der Waals surface area contributed by atoms with Crippen LogP contribution in [-0.4, -0.2) is 71.1 Å². The van der Waals surface area contributed by atoms with Gasteiger partial charge in [0.2, 0.25) is 5.88 Å². The van der Waals surface area contributed by atoms with E-state index in [0.717, 1.165) is 55.7 Å². The first-order valence-electron chi connectivity index (χ1n) is 11.8. The summed E-state index contributed by atoms with van der Waals surface area (Å²) in [5, 5.41) is 28.8. The molecule has 0 radical (unpaired) electrons. The molecule has 1 atom stereocenters. The van der Waals surface area contributed by atoms with Gasteiger partial charge in [0.05, 0.1) is 53.0 Å². The van der Waals surface area contributed by atoms with Crippen LogP contribution in [0.3, 0.4) is 0 Å². The Bertz CT molecular complexity index is 1560. The standard InChI is InChI=1S/C25H28N8O2/c1-14-12-31(3)13-22-17-9-16(5-6-19(17)30-33(22)7-8-34)24-18-10-20(26-11-21(18)27-28-24)23-15(2)29-32(4)25(23)35-14/h5-6,9-11,14,34H,7-8,12-13H2,1-4H3,(H,27,28)/t14-/m0/s1. The van der Waals surface area contributed by atoms with Gasteiger partial charge in [0.25, 0.3) is 0 Å². The number of hydrogen-bond donors (Lipinski definition) is 2. The van der Waals surface area contributed by atoms with Crippen LogP contribution in [0, 0.1) is 6.92 Å². The van der Waals surface area contributed by atoms with Gasteiger partial charge in [-0.3, -0.25) is 19.7 Å². The molecule has 180 valence electrons. The highest BCUT2D eigenvalue weighted by Gasteiger charge is 2.23. The second-order valence-corrected chi connectivity index (χ2v) is 9.33. The zero-order valence-corrected chi connectivity index (χ0v) is 20.3. The number of fused-ring (bicyclic) bond motifs is 5. The number of aryl methyl sites for hydroxylation is 2. The van der Waals surface area contributed by atoms with Gasteiger partial charge in [-0.2, -0.15) is 15.3 Å². The van der Waals surface area contributed by atoms with Crippen molar-refractivity contribution < 1.29 is 9.84 Å². The highest BCUT2D eigenvalue weighted by atomic mass is 16.5. The Labute approximate surface area is 202 Å². The zero-order chi connectivity index (χ0) is 24.3. The second kappa shape index (κ2) is 8.17. The first-order chi connectivity index (χ1) is 16.9. The Morgan fingerprint density at radius 2 is 2.03 bits per heavy atom. The average molecular weight is 473 g/mol. The van der Waals surface area contributed by atoms with E-state index in [-0.39, 0.29) is 12.7 Å². The first kappa shape index (κ1) is 21.8. The normalized spacial score (nSPS) is 16.5. The van der Waals surface area contributed by atoms with Crippen LogP contribution in [0.5, 0.6) is 5.88 Å². The average Bonchev–Trinajstić information content (AvgIpc) is 3.47. The summed E-state index contributed by atoms with van der Waals surface area (Å²) in [6, 6.07) is 8.28. The summed E-state index contributed by atoms with van der Waals surface area (Å²) in [7, 11) is 3.97. The third kappa shape index (κ3) is 3.57. The molecule has 0 fully saturated rings. The van der Waals surface area contributed by atoms with Crippen molar-refractivity contribution in [1.29, 1.82) is 0 Å². The molecule has 1 aliphatic heterocycles. The van der Waals surface area contributed by atoms with Gasteiger partial charge < -0.3 is 9.84 Å². The summed E-state index contributed by atoms with van der Waals surface area (Å²) in [4.78, 5) is 6.94. The predicted molar refractivity (Wildman–Crippen MR) is 133 cm³/mol. The van der Waals surface area contributed by atoms with Crippen LogP contribution in [0.25, 0.3) is 44.3 Å². The van der Waals surface area contributed by atoms with Crippen LogP contribution in [0.1, 0.15) is 18.3 Å². The lowest BCUT2D eigenvalue weighted by atomic mass is 10.0. The van der Waals surface area contributed by atoms with E-state index in [9.17, 15) is 5.11 Å². The fourth-order valence-corrected chi connectivity index (χ4v) is 5.11. The van der Waals surface area contributed by atoms with E-state index in [1.165, 1.54) is 0 Å². The molecule has 4 bridgehead atoms. The molecule has 5 heterocycles. The van der Waals surface area contributed by atoms with Crippen molar-refractivity contribution in [1.82, 2.24) is 39.6 Å². The SMILES string of the molecule is Cc1nn(C)c2c1-c1cc3c(n[nH]c3cn1)-c1ccc3nn(CCO)c(c3c1)CN(C)C[C@H](C)O2. The molecule has 1 aromatic carbocycles. The van der Waals surface area contributed by atoms with E-state index < -0.39 is 0 Å². The number of likely N-dealkylation sites (N-methyl/N-ethyl adjacent to an activating group) is 1. The number of nitrogens with one attached hydrogen (secondary N) is 1. The summed E-state index contributed by atoms with van der Waals surface area (Å²) in [5.41, 5.74) is 7.22. The Balaban J connectivity index is 1.62. The number of hydrogen-bond acceptors (Lipinski definition) is 7. The molecule has 6 rings (SSSR count). The topological polar surface area (TPSA) is 110 Å². The van der Waals surface area contributed by atoms with Crippen molar-refractivity contribution in [2.75, 3.05) is 20.2 Å².